The number of anilines is 1. The maximum absolute atomic E-state index is 12.9. The molecule has 2 aromatic carbocycles. The fraction of sp³-hybridized carbons (Fsp3) is 0.182. The molecule has 1 N–H and O–H groups in total. The summed E-state index contributed by atoms with van der Waals surface area (Å²) >= 11 is 1.39. The quantitative estimate of drug-likeness (QED) is 0.484. The fourth-order valence-electron chi connectivity index (χ4n) is 3.94. The second kappa shape index (κ2) is 7.14. The molecule has 4 aromatic rings. The van der Waals surface area contributed by atoms with Gasteiger partial charge in [0.2, 0.25) is 23.2 Å². The van der Waals surface area contributed by atoms with Crippen LogP contribution < -0.4 is 9.64 Å². The third-order valence-electron chi connectivity index (χ3n) is 5.22. The smallest absolute Gasteiger partial charge is 0.247 e. The van der Waals surface area contributed by atoms with Crippen molar-refractivity contribution in [3.05, 3.63) is 59.8 Å². The van der Waals surface area contributed by atoms with E-state index in [1.807, 2.05) is 61.7 Å². The van der Waals surface area contributed by atoms with Crippen molar-refractivity contribution in [2.75, 3.05) is 11.2 Å². The molecule has 1 amide bonds. The standard InChI is InChI=1S/C22H19N5O2S/c1-12-18(14-8-4-6-10-16(14)23-12)21-27(13(2)28)17-11-7-5-9-15(17)19-20(29-21)24-22(30-3)26-25-19/h4-11,21,23H,1-3H3/t21-/m0/s1. The Morgan fingerprint density at radius 3 is 2.70 bits per heavy atom. The van der Waals surface area contributed by atoms with Crippen LogP contribution >= 0.6 is 11.8 Å². The summed E-state index contributed by atoms with van der Waals surface area (Å²) < 4.78 is 6.45. The predicted octanol–water partition coefficient (Wildman–Crippen LogP) is 4.49. The average molecular weight is 417 g/mol. The predicted molar refractivity (Wildman–Crippen MR) is 117 cm³/mol. The number of rotatable bonds is 2. The summed E-state index contributed by atoms with van der Waals surface area (Å²) in [6.07, 6.45) is 1.18. The van der Waals surface area contributed by atoms with Crippen LogP contribution in [0, 0.1) is 6.92 Å². The van der Waals surface area contributed by atoms with Crippen LogP contribution in [0.4, 0.5) is 5.69 Å². The third-order valence-corrected chi connectivity index (χ3v) is 5.76. The molecule has 1 aliphatic rings. The van der Waals surface area contributed by atoms with Gasteiger partial charge in [-0.25, -0.2) is 0 Å². The zero-order valence-corrected chi connectivity index (χ0v) is 17.5. The summed E-state index contributed by atoms with van der Waals surface area (Å²) in [6.45, 7) is 3.53. The van der Waals surface area contributed by atoms with Gasteiger partial charge in [0.25, 0.3) is 0 Å². The van der Waals surface area contributed by atoms with Gasteiger partial charge in [0.1, 0.15) is 0 Å². The number of fused-ring (bicyclic) bond motifs is 4. The van der Waals surface area contributed by atoms with E-state index >= 15 is 0 Å². The lowest BCUT2D eigenvalue weighted by molar-refractivity contribution is -0.118. The monoisotopic (exact) mass is 417 g/mol. The van der Waals surface area contributed by atoms with Crippen molar-refractivity contribution < 1.29 is 9.53 Å². The Bertz CT molecular complexity index is 1290. The third kappa shape index (κ3) is 2.83. The van der Waals surface area contributed by atoms with Gasteiger partial charge in [-0.05, 0) is 25.3 Å². The van der Waals surface area contributed by atoms with E-state index in [1.54, 1.807) is 11.8 Å². The van der Waals surface area contributed by atoms with Crippen LogP contribution in [-0.4, -0.2) is 32.3 Å². The Morgan fingerprint density at radius 2 is 1.90 bits per heavy atom. The molecule has 0 unspecified atom stereocenters. The van der Waals surface area contributed by atoms with Crippen LogP contribution in [0.25, 0.3) is 22.2 Å². The lowest BCUT2D eigenvalue weighted by Crippen LogP contribution is -2.36. The average Bonchev–Trinajstić information content (AvgIpc) is 3.01. The van der Waals surface area contributed by atoms with Crippen molar-refractivity contribution in [2.24, 2.45) is 0 Å². The van der Waals surface area contributed by atoms with Gasteiger partial charge in [-0.1, -0.05) is 48.2 Å². The summed E-state index contributed by atoms with van der Waals surface area (Å²) in [5.74, 6) is 0.225. The van der Waals surface area contributed by atoms with Gasteiger partial charge >= 0.3 is 0 Å². The molecule has 30 heavy (non-hydrogen) atoms. The van der Waals surface area contributed by atoms with Crippen molar-refractivity contribution in [1.82, 2.24) is 20.2 Å². The minimum atomic E-state index is -0.701. The van der Waals surface area contributed by atoms with E-state index in [9.17, 15) is 4.79 Å². The van der Waals surface area contributed by atoms with E-state index in [4.69, 9.17) is 4.74 Å². The van der Waals surface area contributed by atoms with Crippen molar-refractivity contribution in [3.8, 4) is 17.1 Å². The van der Waals surface area contributed by atoms with E-state index in [2.05, 4.69) is 20.2 Å². The number of thioether (sulfide) groups is 1. The zero-order valence-electron chi connectivity index (χ0n) is 16.7. The topological polar surface area (TPSA) is 84.0 Å². The maximum Gasteiger partial charge on any atom is 0.247 e. The number of nitrogens with one attached hydrogen (secondary N) is 1. The van der Waals surface area contributed by atoms with Gasteiger partial charge in [0, 0.05) is 34.6 Å². The Labute approximate surface area is 177 Å². The van der Waals surface area contributed by atoms with Crippen LogP contribution in [0.2, 0.25) is 0 Å². The molecule has 0 bridgehead atoms. The van der Waals surface area contributed by atoms with Gasteiger partial charge in [0.15, 0.2) is 5.69 Å². The minimum Gasteiger partial charge on any atom is -0.447 e. The maximum atomic E-state index is 12.9. The number of para-hydroxylation sites is 2. The Kier molecular flexibility index (Phi) is 4.43. The van der Waals surface area contributed by atoms with Gasteiger partial charge in [-0.2, -0.15) is 4.98 Å². The highest BCUT2D eigenvalue weighted by Crippen LogP contribution is 2.45. The molecule has 7 nitrogen and oxygen atoms in total. The lowest BCUT2D eigenvalue weighted by atomic mass is 10.1. The number of aromatic amines is 1. The van der Waals surface area contributed by atoms with Crippen LogP contribution in [0.5, 0.6) is 5.88 Å². The SMILES string of the molecule is CSc1nnc2c(n1)O[C@@H](c1c(C)[nH]c3ccccc13)N(C(C)=O)c1ccccc1-2. The number of H-pyrrole nitrogens is 1. The van der Waals surface area contributed by atoms with Gasteiger partial charge in [0.05, 0.1) is 5.69 Å². The molecule has 0 saturated heterocycles. The van der Waals surface area contributed by atoms with E-state index in [0.29, 0.717) is 22.4 Å². The van der Waals surface area contributed by atoms with E-state index < -0.39 is 6.23 Å². The normalized spacial score (nSPS) is 15.3. The molecule has 150 valence electrons. The first-order chi connectivity index (χ1) is 14.6. The highest BCUT2D eigenvalue weighted by molar-refractivity contribution is 7.98. The van der Waals surface area contributed by atoms with Crippen LogP contribution in [0.3, 0.4) is 0 Å². The number of hydrogen-bond donors (Lipinski definition) is 1. The molecular formula is C22H19N5O2S. The summed E-state index contributed by atoms with van der Waals surface area (Å²) in [7, 11) is 0. The second-order valence-electron chi connectivity index (χ2n) is 7.04. The summed E-state index contributed by atoms with van der Waals surface area (Å²) in [5.41, 5.74) is 4.81. The largest absolute Gasteiger partial charge is 0.447 e. The molecule has 1 aliphatic heterocycles. The second-order valence-corrected chi connectivity index (χ2v) is 7.81. The molecule has 0 radical (unpaired) electrons. The van der Waals surface area contributed by atoms with Crippen LogP contribution in [0.1, 0.15) is 24.4 Å². The van der Waals surface area contributed by atoms with E-state index in [0.717, 1.165) is 27.7 Å². The number of ether oxygens (including phenoxy) is 1. The first-order valence-corrected chi connectivity index (χ1v) is 10.7. The number of benzene rings is 2. The molecule has 5 rings (SSSR count). The Balaban J connectivity index is 1.82. The lowest BCUT2D eigenvalue weighted by Gasteiger charge is -2.30. The number of carbonyl (C=O) groups is 1. The molecule has 2 aromatic heterocycles. The van der Waals surface area contributed by atoms with Gasteiger partial charge < -0.3 is 9.72 Å². The van der Waals surface area contributed by atoms with Crippen molar-refractivity contribution in [1.29, 1.82) is 0 Å². The summed E-state index contributed by atoms with van der Waals surface area (Å²) in [4.78, 5) is 22.6. The van der Waals surface area contributed by atoms with E-state index in [-0.39, 0.29) is 5.91 Å². The molecule has 0 aliphatic carbocycles. The van der Waals surface area contributed by atoms with Crippen molar-refractivity contribution >= 4 is 34.3 Å². The van der Waals surface area contributed by atoms with Gasteiger partial charge in [-0.3, -0.25) is 9.69 Å². The molecule has 1 atom stereocenters. The molecular weight excluding hydrogens is 398 g/mol. The molecule has 3 heterocycles. The molecule has 0 fully saturated rings. The molecule has 0 saturated carbocycles. The fourth-order valence-corrected chi connectivity index (χ4v) is 4.24. The number of hydrogen-bond acceptors (Lipinski definition) is 6. The first-order valence-electron chi connectivity index (χ1n) is 9.50. The van der Waals surface area contributed by atoms with Crippen LogP contribution in [0.15, 0.2) is 53.7 Å². The number of aryl methyl sites for hydroxylation is 1. The Hall–Kier alpha value is -3.39. The highest BCUT2D eigenvalue weighted by Gasteiger charge is 2.36. The Morgan fingerprint density at radius 1 is 1.13 bits per heavy atom. The molecule has 8 heteroatoms. The summed E-state index contributed by atoms with van der Waals surface area (Å²) in [6, 6.07) is 15.6. The number of aromatic nitrogens is 4. The molecule has 0 spiro atoms. The van der Waals surface area contributed by atoms with Crippen molar-refractivity contribution in [3.63, 3.8) is 0 Å². The number of amides is 1. The van der Waals surface area contributed by atoms with Crippen molar-refractivity contribution in [2.45, 2.75) is 25.2 Å². The highest BCUT2D eigenvalue weighted by atomic mass is 32.2. The zero-order chi connectivity index (χ0) is 20.8. The number of nitrogens with zero attached hydrogens (tertiary/aromatic N) is 4. The minimum absolute atomic E-state index is 0.136. The number of carbonyl (C=O) groups excluding carboxylic acids is 1. The summed E-state index contributed by atoms with van der Waals surface area (Å²) in [5, 5.41) is 10.1. The van der Waals surface area contributed by atoms with Gasteiger partial charge in [-0.15, -0.1) is 10.2 Å². The van der Waals surface area contributed by atoms with Crippen LogP contribution in [-0.2, 0) is 4.79 Å². The van der Waals surface area contributed by atoms with E-state index in [1.165, 1.54) is 11.8 Å². The first kappa shape index (κ1) is 18.6.